The first kappa shape index (κ1) is 27.2. The molecule has 42 heavy (non-hydrogen) atoms. The van der Waals surface area contributed by atoms with Gasteiger partial charge in [-0.1, -0.05) is 133 Å². The molecule has 6 aromatic rings. The molecule has 0 saturated carbocycles. The Bertz CT molecular complexity index is 1710. The standard InChI is InChI=1S/C35H28ClN3O3/c1-25(40)41-24-30-33-31(22-32(36)37-30)39(38-34(33)42-23-26-14-6-2-7-15-26)35(27-16-8-3-9-17-27,28-18-10-4-11-19-28)29-20-12-5-13-21-29/h2-22H,23-24H2,1H3. The van der Waals surface area contributed by atoms with E-state index >= 15 is 0 Å². The molecule has 0 aliphatic heterocycles. The van der Waals surface area contributed by atoms with E-state index in [-0.39, 0.29) is 18.4 Å². The molecule has 2 aromatic heterocycles. The van der Waals surface area contributed by atoms with E-state index < -0.39 is 11.5 Å². The molecular formula is C35H28ClN3O3. The van der Waals surface area contributed by atoms with Gasteiger partial charge in [0.2, 0.25) is 5.88 Å². The average Bonchev–Trinajstić information content (AvgIpc) is 3.39. The fraction of sp³-hybridized carbons (Fsp3) is 0.114. The first-order valence-electron chi connectivity index (χ1n) is 13.6. The van der Waals surface area contributed by atoms with Crippen LogP contribution in [0.1, 0.15) is 34.9 Å². The number of halogens is 1. The summed E-state index contributed by atoms with van der Waals surface area (Å²) in [6, 6.07) is 42.4. The lowest BCUT2D eigenvalue weighted by Crippen LogP contribution is -2.38. The van der Waals surface area contributed by atoms with Crippen molar-refractivity contribution in [1.29, 1.82) is 0 Å². The lowest BCUT2D eigenvalue weighted by molar-refractivity contribution is -0.142. The quantitative estimate of drug-likeness (QED) is 0.101. The highest BCUT2D eigenvalue weighted by atomic mass is 35.5. The molecule has 0 atom stereocenters. The Morgan fingerprint density at radius 3 is 1.76 bits per heavy atom. The number of fused-ring (bicyclic) bond motifs is 1. The number of aromatic nitrogens is 3. The van der Waals surface area contributed by atoms with Crippen molar-refractivity contribution in [2.24, 2.45) is 0 Å². The summed E-state index contributed by atoms with van der Waals surface area (Å²) in [5, 5.41) is 6.07. The van der Waals surface area contributed by atoms with Crippen molar-refractivity contribution in [3.63, 3.8) is 0 Å². The van der Waals surface area contributed by atoms with Gasteiger partial charge in [-0.25, -0.2) is 9.67 Å². The normalized spacial score (nSPS) is 11.4. The number of rotatable bonds is 9. The minimum atomic E-state index is -0.917. The van der Waals surface area contributed by atoms with Gasteiger partial charge in [-0.3, -0.25) is 4.79 Å². The van der Waals surface area contributed by atoms with Gasteiger partial charge in [0.25, 0.3) is 0 Å². The fourth-order valence-corrected chi connectivity index (χ4v) is 5.61. The van der Waals surface area contributed by atoms with Crippen molar-refractivity contribution in [2.45, 2.75) is 25.7 Å². The van der Waals surface area contributed by atoms with E-state index in [0.717, 1.165) is 22.3 Å². The van der Waals surface area contributed by atoms with Crippen molar-refractivity contribution in [3.05, 3.63) is 160 Å². The van der Waals surface area contributed by atoms with E-state index in [1.807, 2.05) is 89.6 Å². The summed E-state index contributed by atoms with van der Waals surface area (Å²) in [6.07, 6.45) is 0. The van der Waals surface area contributed by atoms with Gasteiger partial charge in [-0.15, -0.1) is 5.10 Å². The van der Waals surface area contributed by atoms with Crippen LogP contribution in [0.5, 0.6) is 5.88 Å². The van der Waals surface area contributed by atoms with Crippen LogP contribution < -0.4 is 4.74 Å². The second-order valence-electron chi connectivity index (χ2n) is 9.87. The zero-order valence-electron chi connectivity index (χ0n) is 23.0. The molecule has 0 saturated heterocycles. The Labute approximate surface area is 249 Å². The van der Waals surface area contributed by atoms with Crippen LogP contribution in [0.4, 0.5) is 0 Å². The minimum absolute atomic E-state index is 0.0746. The maximum atomic E-state index is 11.8. The minimum Gasteiger partial charge on any atom is -0.471 e. The van der Waals surface area contributed by atoms with Gasteiger partial charge in [0, 0.05) is 13.0 Å². The second kappa shape index (κ2) is 11.9. The summed E-state index contributed by atoms with van der Waals surface area (Å²) < 4.78 is 13.8. The largest absolute Gasteiger partial charge is 0.471 e. The zero-order valence-corrected chi connectivity index (χ0v) is 23.7. The van der Waals surface area contributed by atoms with E-state index in [9.17, 15) is 4.79 Å². The highest BCUT2D eigenvalue weighted by Gasteiger charge is 2.41. The number of hydrogen-bond donors (Lipinski definition) is 0. The summed E-state index contributed by atoms with van der Waals surface area (Å²) in [4.78, 5) is 16.4. The van der Waals surface area contributed by atoms with E-state index in [1.165, 1.54) is 6.92 Å². The van der Waals surface area contributed by atoms with Crippen LogP contribution in [0.15, 0.2) is 127 Å². The van der Waals surface area contributed by atoms with E-state index in [2.05, 4.69) is 41.4 Å². The molecule has 0 spiro atoms. The van der Waals surface area contributed by atoms with Crippen molar-refractivity contribution in [2.75, 3.05) is 0 Å². The maximum Gasteiger partial charge on any atom is 0.303 e. The van der Waals surface area contributed by atoms with E-state index in [1.54, 1.807) is 6.07 Å². The number of nitrogens with zero attached hydrogens (tertiary/aromatic N) is 3. The van der Waals surface area contributed by atoms with Crippen LogP contribution in [0.2, 0.25) is 5.15 Å². The number of esters is 1. The summed E-state index contributed by atoms with van der Waals surface area (Å²) >= 11 is 6.65. The molecule has 0 aliphatic carbocycles. The van der Waals surface area contributed by atoms with Crippen LogP contribution >= 0.6 is 11.6 Å². The molecule has 0 fully saturated rings. The van der Waals surface area contributed by atoms with Crippen LogP contribution in [0.25, 0.3) is 10.9 Å². The number of hydrogen-bond acceptors (Lipinski definition) is 5. The highest BCUT2D eigenvalue weighted by Crippen LogP contribution is 2.44. The molecule has 4 aromatic carbocycles. The van der Waals surface area contributed by atoms with Crippen molar-refractivity contribution < 1.29 is 14.3 Å². The molecular weight excluding hydrogens is 546 g/mol. The second-order valence-corrected chi connectivity index (χ2v) is 10.3. The molecule has 0 unspecified atom stereocenters. The number of carbonyl (C=O) groups is 1. The third-order valence-electron chi connectivity index (χ3n) is 7.20. The predicted octanol–water partition coefficient (Wildman–Crippen LogP) is 7.57. The van der Waals surface area contributed by atoms with Gasteiger partial charge in [-0.05, 0) is 22.3 Å². The summed E-state index contributed by atoms with van der Waals surface area (Å²) in [7, 11) is 0. The van der Waals surface area contributed by atoms with E-state index in [0.29, 0.717) is 22.5 Å². The highest BCUT2D eigenvalue weighted by molar-refractivity contribution is 6.30. The summed E-state index contributed by atoms with van der Waals surface area (Å²) in [5.74, 6) is -0.0522. The average molecular weight is 574 g/mol. The van der Waals surface area contributed by atoms with Crippen LogP contribution in [-0.2, 0) is 28.3 Å². The Kier molecular flexibility index (Phi) is 7.71. The topological polar surface area (TPSA) is 66.2 Å². The smallest absolute Gasteiger partial charge is 0.303 e. The first-order valence-corrected chi connectivity index (χ1v) is 14.0. The van der Waals surface area contributed by atoms with Gasteiger partial charge >= 0.3 is 5.97 Å². The molecule has 7 heteroatoms. The number of benzene rings is 4. The van der Waals surface area contributed by atoms with Crippen LogP contribution in [0, 0.1) is 0 Å². The van der Waals surface area contributed by atoms with Gasteiger partial charge in [0.1, 0.15) is 23.9 Å². The third-order valence-corrected chi connectivity index (χ3v) is 7.39. The molecule has 0 N–H and O–H groups in total. The number of pyridine rings is 1. The third kappa shape index (κ3) is 5.13. The monoisotopic (exact) mass is 573 g/mol. The SMILES string of the molecule is CC(=O)OCc1nc(Cl)cc2c1c(OCc1ccccc1)nn2C(c1ccccc1)(c1ccccc1)c1ccccc1. The molecule has 208 valence electrons. The first-order chi connectivity index (χ1) is 20.6. The number of carbonyl (C=O) groups excluding carboxylic acids is 1. The Morgan fingerprint density at radius 2 is 1.26 bits per heavy atom. The van der Waals surface area contributed by atoms with Crippen LogP contribution in [-0.4, -0.2) is 20.7 Å². The molecule has 0 bridgehead atoms. The molecule has 0 radical (unpaired) electrons. The zero-order chi connectivity index (χ0) is 28.9. The summed E-state index contributed by atoms with van der Waals surface area (Å²) in [5.41, 5.74) is 4.22. The maximum absolute atomic E-state index is 11.8. The van der Waals surface area contributed by atoms with E-state index in [4.69, 9.17) is 26.2 Å². The fourth-order valence-electron chi connectivity index (χ4n) is 5.41. The van der Waals surface area contributed by atoms with Gasteiger partial charge < -0.3 is 9.47 Å². The predicted molar refractivity (Wildman–Crippen MR) is 163 cm³/mol. The lowest BCUT2D eigenvalue weighted by atomic mass is 9.77. The van der Waals surface area contributed by atoms with Gasteiger partial charge in [-0.2, -0.15) is 0 Å². The van der Waals surface area contributed by atoms with Gasteiger partial charge in [0.15, 0.2) is 0 Å². The Balaban J connectivity index is 1.69. The molecule has 0 aliphatic rings. The van der Waals surface area contributed by atoms with Crippen LogP contribution in [0.3, 0.4) is 0 Å². The Morgan fingerprint density at radius 1 is 0.762 bits per heavy atom. The summed E-state index contributed by atoms with van der Waals surface area (Å²) in [6.45, 7) is 1.58. The number of ether oxygens (including phenoxy) is 2. The van der Waals surface area contributed by atoms with Gasteiger partial charge in [0.05, 0.1) is 16.6 Å². The molecule has 0 amide bonds. The van der Waals surface area contributed by atoms with Crippen molar-refractivity contribution >= 4 is 28.5 Å². The molecule has 6 rings (SSSR count). The molecule has 2 heterocycles. The van der Waals surface area contributed by atoms with Crippen molar-refractivity contribution in [1.82, 2.24) is 14.8 Å². The lowest BCUT2D eigenvalue weighted by Gasteiger charge is -2.36. The molecule has 6 nitrogen and oxygen atoms in total. The van der Waals surface area contributed by atoms with Crippen molar-refractivity contribution in [3.8, 4) is 5.88 Å². The Hall–Kier alpha value is -4.94.